The van der Waals surface area contributed by atoms with Gasteiger partial charge in [0.2, 0.25) is 0 Å². The Bertz CT molecular complexity index is 1000. The van der Waals surface area contributed by atoms with Crippen LogP contribution in [0.5, 0.6) is 5.75 Å². The summed E-state index contributed by atoms with van der Waals surface area (Å²) in [6.07, 6.45) is 0.246. The van der Waals surface area contributed by atoms with Crippen molar-refractivity contribution < 1.29 is 14.3 Å². The van der Waals surface area contributed by atoms with Crippen molar-refractivity contribution in [1.82, 2.24) is 4.57 Å². The first kappa shape index (κ1) is 19.3. The van der Waals surface area contributed by atoms with E-state index in [1.807, 2.05) is 31.2 Å². The van der Waals surface area contributed by atoms with E-state index in [-0.39, 0.29) is 12.3 Å². The molecule has 6 heteroatoms. The number of aryl methyl sites for hydroxylation is 1. The summed E-state index contributed by atoms with van der Waals surface area (Å²) in [7, 11) is 1.62. The van der Waals surface area contributed by atoms with Gasteiger partial charge in [0.25, 0.3) is 5.91 Å². The second-order valence-corrected chi connectivity index (χ2v) is 7.25. The number of nitrogens with zero attached hydrogens (tertiary/aromatic N) is 2. The third-order valence-electron chi connectivity index (χ3n) is 4.21. The number of carbonyl (C=O) groups excluding carboxylic acids is 1. The quantitative estimate of drug-likeness (QED) is 0.583. The van der Waals surface area contributed by atoms with Gasteiger partial charge in [-0.15, -0.1) is 0 Å². The van der Waals surface area contributed by atoms with Crippen LogP contribution < -0.4 is 9.54 Å². The first-order chi connectivity index (χ1) is 13.1. The van der Waals surface area contributed by atoms with Crippen molar-refractivity contribution in [1.29, 1.82) is 0 Å². The van der Waals surface area contributed by atoms with Gasteiger partial charge in [0, 0.05) is 13.2 Å². The summed E-state index contributed by atoms with van der Waals surface area (Å²) >= 11 is 1.54. The Labute approximate surface area is 162 Å². The Morgan fingerprint density at radius 2 is 2.07 bits per heavy atom. The number of fused-ring (bicyclic) bond motifs is 1. The van der Waals surface area contributed by atoms with Gasteiger partial charge in [-0.25, -0.2) is 0 Å². The first-order valence-corrected chi connectivity index (χ1v) is 9.80. The van der Waals surface area contributed by atoms with Gasteiger partial charge in [-0.3, -0.25) is 4.79 Å². The van der Waals surface area contributed by atoms with Crippen LogP contribution in [0.2, 0.25) is 0 Å². The number of methoxy groups -OCH3 is 1. The molecule has 1 heterocycles. The van der Waals surface area contributed by atoms with E-state index < -0.39 is 0 Å². The van der Waals surface area contributed by atoms with Crippen molar-refractivity contribution in [2.75, 3.05) is 20.3 Å². The highest BCUT2D eigenvalue weighted by Gasteiger charge is 2.09. The molecule has 27 heavy (non-hydrogen) atoms. The predicted octanol–water partition coefficient (Wildman–Crippen LogP) is 3.73. The van der Waals surface area contributed by atoms with E-state index in [2.05, 4.69) is 34.7 Å². The Hall–Kier alpha value is -2.44. The van der Waals surface area contributed by atoms with Crippen LogP contribution in [0.1, 0.15) is 18.1 Å². The number of aromatic nitrogens is 1. The monoisotopic (exact) mass is 384 g/mol. The maximum Gasteiger partial charge on any atom is 0.252 e. The van der Waals surface area contributed by atoms with E-state index in [1.54, 1.807) is 7.11 Å². The van der Waals surface area contributed by atoms with Gasteiger partial charge in [-0.1, -0.05) is 29.5 Å². The molecule has 5 nitrogen and oxygen atoms in total. The zero-order valence-corrected chi connectivity index (χ0v) is 16.7. The van der Waals surface area contributed by atoms with Gasteiger partial charge < -0.3 is 14.0 Å². The van der Waals surface area contributed by atoms with Crippen LogP contribution in [0.3, 0.4) is 0 Å². The highest BCUT2D eigenvalue weighted by atomic mass is 32.1. The molecule has 0 aliphatic carbocycles. The molecule has 0 aliphatic heterocycles. The molecule has 0 unspecified atom stereocenters. The molecular weight excluding hydrogens is 360 g/mol. The van der Waals surface area contributed by atoms with Crippen LogP contribution in [0.25, 0.3) is 10.2 Å². The summed E-state index contributed by atoms with van der Waals surface area (Å²) in [6, 6.07) is 13.8. The lowest BCUT2D eigenvalue weighted by atomic mass is 10.1. The summed E-state index contributed by atoms with van der Waals surface area (Å²) in [5.41, 5.74) is 3.16. The Morgan fingerprint density at radius 3 is 2.85 bits per heavy atom. The Morgan fingerprint density at radius 1 is 1.22 bits per heavy atom. The Kier molecular flexibility index (Phi) is 6.42. The zero-order valence-electron chi connectivity index (χ0n) is 15.9. The molecule has 0 N–H and O–H groups in total. The lowest BCUT2D eigenvalue weighted by Crippen LogP contribution is -2.20. The number of hydrogen-bond donors (Lipinski definition) is 0. The lowest BCUT2D eigenvalue weighted by molar-refractivity contribution is -0.117. The van der Waals surface area contributed by atoms with Crippen LogP contribution in [0, 0.1) is 6.92 Å². The minimum Gasteiger partial charge on any atom is -0.497 e. The molecule has 2 aromatic carbocycles. The summed E-state index contributed by atoms with van der Waals surface area (Å²) in [5.74, 6) is 0.570. The fourth-order valence-corrected chi connectivity index (χ4v) is 4.06. The third-order valence-corrected chi connectivity index (χ3v) is 5.25. The van der Waals surface area contributed by atoms with Crippen molar-refractivity contribution in [3.05, 3.63) is 58.4 Å². The molecule has 0 fully saturated rings. The lowest BCUT2D eigenvalue weighted by Gasteiger charge is -2.06. The largest absolute Gasteiger partial charge is 0.497 e. The standard InChI is InChI=1S/C21H24N2O3S/c1-4-26-11-10-23-18-9-8-15(2)12-19(18)27-21(23)22-20(24)14-16-6-5-7-17(13-16)25-3/h5-9,12-13H,4,10-11,14H2,1-3H3. The fourth-order valence-electron chi connectivity index (χ4n) is 2.89. The summed E-state index contributed by atoms with van der Waals surface area (Å²) in [6.45, 7) is 5.97. The van der Waals surface area contributed by atoms with Gasteiger partial charge in [-0.05, 0) is 49.2 Å². The van der Waals surface area contributed by atoms with Crippen molar-refractivity contribution in [2.24, 2.45) is 4.99 Å². The SMILES string of the molecule is CCOCCn1c(=NC(=O)Cc2cccc(OC)c2)sc2cc(C)ccc21. The number of amides is 1. The van der Waals surface area contributed by atoms with E-state index >= 15 is 0 Å². The minimum absolute atomic E-state index is 0.170. The van der Waals surface area contributed by atoms with Gasteiger partial charge in [0.05, 0.1) is 30.4 Å². The van der Waals surface area contributed by atoms with Gasteiger partial charge in [0.1, 0.15) is 5.75 Å². The molecule has 0 aliphatic rings. The highest BCUT2D eigenvalue weighted by Crippen LogP contribution is 2.19. The van der Waals surface area contributed by atoms with E-state index in [4.69, 9.17) is 9.47 Å². The molecule has 0 saturated carbocycles. The average molecular weight is 385 g/mol. The smallest absolute Gasteiger partial charge is 0.252 e. The normalized spacial score (nSPS) is 11.9. The molecule has 1 amide bonds. The maximum atomic E-state index is 12.6. The number of rotatable bonds is 7. The van der Waals surface area contributed by atoms with Crippen LogP contribution in [-0.4, -0.2) is 30.8 Å². The van der Waals surface area contributed by atoms with Gasteiger partial charge >= 0.3 is 0 Å². The van der Waals surface area contributed by atoms with Crippen molar-refractivity contribution >= 4 is 27.5 Å². The van der Waals surface area contributed by atoms with E-state index in [0.717, 1.165) is 21.5 Å². The number of thiazole rings is 1. The highest BCUT2D eigenvalue weighted by molar-refractivity contribution is 7.16. The van der Waals surface area contributed by atoms with E-state index in [1.165, 1.54) is 16.9 Å². The molecule has 3 aromatic rings. The molecule has 3 rings (SSSR count). The molecule has 0 saturated heterocycles. The fraction of sp³-hybridized carbons (Fsp3) is 0.333. The van der Waals surface area contributed by atoms with E-state index in [9.17, 15) is 4.79 Å². The number of benzene rings is 2. The second kappa shape index (κ2) is 8.97. The van der Waals surface area contributed by atoms with Crippen LogP contribution in [0.15, 0.2) is 47.5 Å². The van der Waals surface area contributed by atoms with Crippen LogP contribution in [-0.2, 0) is 22.5 Å². The summed E-state index contributed by atoms with van der Waals surface area (Å²) in [5, 5.41) is 0. The maximum absolute atomic E-state index is 12.6. The van der Waals surface area contributed by atoms with Gasteiger partial charge in [-0.2, -0.15) is 4.99 Å². The second-order valence-electron chi connectivity index (χ2n) is 6.24. The number of carbonyl (C=O) groups is 1. The van der Waals surface area contributed by atoms with Crippen molar-refractivity contribution in [3.63, 3.8) is 0 Å². The molecule has 1 aromatic heterocycles. The molecule has 0 bridgehead atoms. The average Bonchev–Trinajstić information content (AvgIpc) is 2.98. The Balaban J connectivity index is 1.92. The molecular formula is C21H24N2O3S. The van der Waals surface area contributed by atoms with Crippen molar-refractivity contribution in [3.8, 4) is 5.75 Å². The van der Waals surface area contributed by atoms with Crippen LogP contribution >= 0.6 is 11.3 Å². The third kappa shape index (κ3) is 4.84. The van der Waals surface area contributed by atoms with Crippen LogP contribution in [0.4, 0.5) is 0 Å². The summed E-state index contributed by atoms with van der Waals surface area (Å²) in [4.78, 5) is 17.7. The molecule has 142 valence electrons. The topological polar surface area (TPSA) is 52.8 Å². The summed E-state index contributed by atoms with van der Waals surface area (Å²) < 4.78 is 13.9. The van der Waals surface area contributed by atoms with Crippen molar-refractivity contribution in [2.45, 2.75) is 26.8 Å². The minimum atomic E-state index is -0.170. The van der Waals surface area contributed by atoms with Gasteiger partial charge in [0.15, 0.2) is 4.80 Å². The molecule has 0 radical (unpaired) electrons. The molecule has 0 atom stereocenters. The number of hydrogen-bond acceptors (Lipinski definition) is 4. The molecule has 0 spiro atoms. The first-order valence-electron chi connectivity index (χ1n) is 8.99. The zero-order chi connectivity index (χ0) is 19.2. The predicted molar refractivity (Wildman–Crippen MR) is 108 cm³/mol. The number of ether oxygens (including phenoxy) is 2. The van der Waals surface area contributed by atoms with E-state index in [0.29, 0.717) is 24.6 Å².